The standard InChI is InChI=1S/C12H12BrN/c1-9-3-4-10(13)7-11(9)12(8-14)5-2-6-12/h3-4,7H,2,5-6H2,1H3. The van der Waals surface area contributed by atoms with Crippen molar-refractivity contribution in [2.24, 2.45) is 0 Å². The van der Waals surface area contributed by atoms with Gasteiger partial charge in [0, 0.05) is 4.47 Å². The van der Waals surface area contributed by atoms with Crippen LogP contribution in [0.5, 0.6) is 0 Å². The van der Waals surface area contributed by atoms with Crippen LogP contribution in [-0.4, -0.2) is 0 Å². The zero-order valence-electron chi connectivity index (χ0n) is 8.18. The minimum atomic E-state index is -0.187. The van der Waals surface area contributed by atoms with Crippen LogP contribution < -0.4 is 0 Å². The average molecular weight is 250 g/mol. The summed E-state index contributed by atoms with van der Waals surface area (Å²) in [5.41, 5.74) is 2.25. The maximum absolute atomic E-state index is 9.24. The maximum atomic E-state index is 9.24. The first kappa shape index (κ1) is 9.73. The van der Waals surface area contributed by atoms with Gasteiger partial charge in [-0.2, -0.15) is 5.26 Å². The average Bonchev–Trinajstić information content (AvgIpc) is 2.10. The Hall–Kier alpha value is -0.810. The first-order chi connectivity index (χ1) is 6.68. The zero-order chi connectivity index (χ0) is 10.2. The zero-order valence-corrected chi connectivity index (χ0v) is 9.76. The molecule has 0 spiro atoms. The molecule has 72 valence electrons. The van der Waals surface area contributed by atoms with Gasteiger partial charge in [0.2, 0.25) is 0 Å². The van der Waals surface area contributed by atoms with Crippen molar-refractivity contribution in [2.75, 3.05) is 0 Å². The van der Waals surface area contributed by atoms with Crippen molar-refractivity contribution in [2.45, 2.75) is 31.6 Å². The molecular weight excluding hydrogens is 238 g/mol. The first-order valence-corrected chi connectivity index (χ1v) is 5.65. The number of halogens is 1. The van der Waals surface area contributed by atoms with E-state index in [2.05, 4.69) is 41.1 Å². The minimum Gasteiger partial charge on any atom is -0.197 e. The molecular formula is C12H12BrN. The summed E-state index contributed by atoms with van der Waals surface area (Å²) in [5.74, 6) is 0. The Labute approximate surface area is 92.9 Å². The fourth-order valence-corrected chi connectivity index (χ4v) is 2.44. The van der Waals surface area contributed by atoms with Crippen molar-refractivity contribution in [1.29, 1.82) is 5.26 Å². The number of hydrogen-bond donors (Lipinski definition) is 0. The molecule has 1 saturated carbocycles. The quantitative estimate of drug-likeness (QED) is 0.745. The lowest BCUT2D eigenvalue weighted by Gasteiger charge is -2.36. The van der Waals surface area contributed by atoms with Gasteiger partial charge < -0.3 is 0 Å². The maximum Gasteiger partial charge on any atom is 0.0825 e. The van der Waals surface area contributed by atoms with E-state index >= 15 is 0 Å². The van der Waals surface area contributed by atoms with Gasteiger partial charge in [0.15, 0.2) is 0 Å². The number of aryl methyl sites for hydroxylation is 1. The van der Waals surface area contributed by atoms with E-state index in [4.69, 9.17) is 0 Å². The summed E-state index contributed by atoms with van der Waals surface area (Å²) >= 11 is 3.46. The predicted molar refractivity (Wildman–Crippen MR) is 60.0 cm³/mol. The molecule has 2 heteroatoms. The molecule has 0 saturated heterocycles. The van der Waals surface area contributed by atoms with E-state index in [1.165, 1.54) is 17.5 Å². The summed E-state index contributed by atoms with van der Waals surface area (Å²) in [4.78, 5) is 0. The number of hydrogen-bond acceptors (Lipinski definition) is 1. The van der Waals surface area contributed by atoms with E-state index in [9.17, 15) is 5.26 Å². The first-order valence-electron chi connectivity index (χ1n) is 4.86. The van der Waals surface area contributed by atoms with Crippen LogP contribution in [0.4, 0.5) is 0 Å². The summed E-state index contributed by atoms with van der Waals surface area (Å²) in [6.45, 7) is 2.08. The molecule has 0 amide bonds. The fraction of sp³-hybridized carbons (Fsp3) is 0.417. The molecule has 0 radical (unpaired) electrons. The lowest BCUT2D eigenvalue weighted by molar-refractivity contribution is 0.322. The third-order valence-electron chi connectivity index (χ3n) is 3.14. The van der Waals surface area contributed by atoms with Crippen LogP contribution in [0.25, 0.3) is 0 Å². The van der Waals surface area contributed by atoms with Crippen LogP contribution in [0.2, 0.25) is 0 Å². The minimum absolute atomic E-state index is 0.187. The topological polar surface area (TPSA) is 23.8 Å². The number of nitriles is 1. The predicted octanol–water partition coefficient (Wildman–Crippen LogP) is 3.70. The van der Waals surface area contributed by atoms with Crippen molar-refractivity contribution < 1.29 is 0 Å². The van der Waals surface area contributed by atoms with Gasteiger partial charge in [-0.05, 0) is 49.4 Å². The Morgan fingerprint density at radius 2 is 2.14 bits per heavy atom. The van der Waals surface area contributed by atoms with Gasteiger partial charge in [0.05, 0.1) is 11.5 Å². The molecule has 0 N–H and O–H groups in total. The van der Waals surface area contributed by atoms with E-state index in [1.54, 1.807) is 0 Å². The van der Waals surface area contributed by atoms with Crippen molar-refractivity contribution in [3.63, 3.8) is 0 Å². The Morgan fingerprint density at radius 3 is 2.64 bits per heavy atom. The highest BCUT2D eigenvalue weighted by atomic mass is 79.9. The molecule has 1 aromatic carbocycles. The third-order valence-corrected chi connectivity index (χ3v) is 3.63. The van der Waals surface area contributed by atoms with E-state index < -0.39 is 0 Å². The second kappa shape index (κ2) is 3.40. The second-order valence-corrected chi connectivity index (χ2v) is 4.92. The van der Waals surface area contributed by atoms with E-state index in [-0.39, 0.29) is 5.41 Å². The molecule has 0 atom stereocenters. The molecule has 1 nitrogen and oxygen atoms in total. The monoisotopic (exact) mass is 249 g/mol. The van der Waals surface area contributed by atoms with Crippen molar-refractivity contribution in [3.05, 3.63) is 33.8 Å². The smallest absolute Gasteiger partial charge is 0.0825 e. The van der Waals surface area contributed by atoms with Crippen LogP contribution in [0, 0.1) is 18.3 Å². The van der Waals surface area contributed by atoms with Crippen molar-refractivity contribution in [3.8, 4) is 6.07 Å². The van der Waals surface area contributed by atoms with Gasteiger partial charge in [-0.15, -0.1) is 0 Å². The Bertz CT molecular complexity index is 399. The summed E-state index contributed by atoms with van der Waals surface area (Å²) in [7, 11) is 0. The summed E-state index contributed by atoms with van der Waals surface area (Å²) < 4.78 is 1.07. The third kappa shape index (κ3) is 1.36. The SMILES string of the molecule is Cc1ccc(Br)cc1C1(C#N)CCC1. The van der Waals surface area contributed by atoms with Gasteiger partial charge in [0.25, 0.3) is 0 Å². The molecule has 0 aromatic heterocycles. The second-order valence-electron chi connectivity index (χ2n) is 4.01. The highest BCUT2D eigenvalue weighted by Gasteiger charge is 2.39. The normalized spacial score (nSPS) is 18.4. The molecule has 1 aliphatic rings. The summed E-state index contributed by atoms with van der Waals surface area (Å²) in [6.07, 6.45) is 3.21. The molecule has 0 bridgehead atoms. The number of rotatable bonds is 1. The molecule has 0 unspecified atom stereocenters. The lowest BCUT2D eigenvalue weighted by atomic mass is 9.64. The molecule has 1 fully saturated rings. The molecule has 1 aromatic rings. The van der Waals surface area contributed by atoms with Crippen LogP contribution in [0.1, 0.15) is 30.4 Å². The van der Waals surface area contributed by atoms with E-state index in [0.29, 0.717) is 0 Å². The molecule has 0 aliphatic heterocycles. The summed E-state index contributed by atoms with van der Waals surface area (Å²) in [5, 5.41) is 9.24. The largest absolute Gasteiger partial charge is 0.197 e. The van der Waals surface area contributed by atoms with Crippen molar-refractivity contribution >= 4 is 15.9 Å². The Balaban J connectivity index is 2.50. The van der Waals surface area contributed by atoms with Crippen LogP contribution in [-0.2, 0) is 5.41 Å². The van der Waals surface area contributed by atoms with Crippen LogP contribution in [0.15, 0.2) is 22.7 Å². The van der Waals surface area contributed by atoms with Crippen molar-refractivity contribution in [1.82, 2.24) is 0 Å². The van der Waals surface area contributed by atoms with Gasteiger partial charge in [-0.1, -0.05) is 22.0 Å². The van der Waals surface area contributed by atoms with Gasteiger partial charge in [-0.25, -0.2) is 0 Å². The van der Waals surface area contributed by atoms with E-state index in [1.807, 2.05) is 6.07 Å². The highest BCUT2D eigenvalue weighted by Crippen LogP contribution is 2.44. The lowest BCUT2D eigenvalue weighted by Crippen LogP contribution is -2.33. The van der Waals surface area contributed by atoms with Gasteiger partial charge >= 0.3 is 0 Å². The van der Waals surface area contributed by atoms with Crippen LogP contribution >= 0.6 is 15.9 Å². The number of nitrogens with zero attached hydrogens (tertiary/aromatic N) is 1. The van der Waals surface area contributed by atoms with Gasteiger partial charge in [-0.3, -0.25) is 0 Å². The number of benzene rings is 1. The fourth-order valence-electron chi connectivity index (χ4n) is 2.08. The Morgan fingerprint density at radius 1 is 1.43 bits per heavy atom. The molecule has 0 heterocycles. The van der Waals surface area contributed by atoms with Gasteiger partial charge in [0.1, 0.15) is 0 Å². The van der Waals surface area contributed by atoms with E-state index in [0.717, 1.165) is 17.3 Å². The molecule has 1 aliphatic carbocycles. The molecule has 14 heavy (non-hydrogen) atoms. The Kier molecular flexibility index (Phi) is 2.36. The molecule has 2 rings (SSSR count). The highest BCUT2D eigenvalue weighted by molar-refractivity contribution is 9.10. The summed E-state index contributed by atoms with van der Waals surface area (Å²) in [6, 6.07) is 8.68. The van der Waals surface area contributed by atoms with Crippen LogP contribution in [0.3, 0.4) is 0 Å².